The van der Waals surface area contributed by atoms with E-state index in [2.05, 4.69) is 15.0 Å². The summed E-state index contributed by atoms with van der Waals surface area (Å²) in [6.07, 6.45) is 3.06. The lowest BCUT2D eigenvalue weighted by atomic mass is 10.2. The maximum atomic E-state index is 11.7. The van der Waals surface area contributed by atoms with Crippen LogP contribution in [0.4, 0.5) is 0 Å². The van der Waals surface area contributed by atoms with Crippen molar-refractivity contribution in [3.05, 3.63) is 47.2 Å². The van der Waals surface area contributed by atoms with Crippen LogP contribution in [0, 0.1) is 0 Å². The minimum Gasteiger partial charge on any atom is -0.401 e. The van der Waals surface area contributed by atoms with Gasteiger partial charge in [0.25, 0.3) is 0 Å². The Morgan fingerprint density at radius 3 is 2.94 bits per heavy atom. The summed E-state index contributed by atoms with van der Waals surface area (Å²) in [5.41, 5.74) is 0.807. The molecular formula is C11H7N3O2. The Morgan fingerprint density at radius 2 is 2.12 bits per heavy atom. The van der Waals surface area contributed by atoms with E-state index >= 15 is 0 Å². The van der Waals surface area contributed by atoms with Gasteiger partial charge in [-0.25, -0.2) is 14.8 Å². The third-order valence-electron chi connectivity index (χ3n) is 2.26. The van der Waals surface area contributed by atoms with Crippen LogP contribution in [0.1, 0.15) is 0 Å². The zero-order valence-electron chi connectivity index (χ0n) is 8.18. The summed E-state index contributed by atoms with van der Waals surface area (Å²) < 4.78 is 5.10. The zero-order chi connectivity index (χ0) is 11.0. The van der Waals surface area contributed by atoms with Gasteiger partial charge in [0, 0.05) is 0 Å². The van der Waals surface area contributed by atoms with Crippen LogP contribution in [-0.2, 0) is 0 Å². The van der Waals surface area contributed by atoms with E-state index in [0.29, 0.717) is 16.6 Å². The lowest BCUT2D eigenvalue weighted by Gasteiger charge is -1.97. The average molecular weight is 213 g/mol. The predicted molar refractivity (Wildman–Crippen MR) is 57.9 cm³/mol. The van der Waals surface area contributed by atoms with Crippen LogP contribution in [0.15, 0.2) is 46.0 Å². The van der Waals surface area contributed by atoms with E-state index in [-0.39, 0.29) is 5.89 Å². The first-order valence-corrected chi connectivity index (χ1v) is 4.73. The van der Waals surface area contributed by atoms with Crippen molar-refractivity contribution in [3.8, 4) is 11.6 Å². The van der Waals surface area contributed by atoms with Crippen molar-refractivity contribution < 1.29 is 4.42 Å². The lowest BCUT2D eigenvalue weighted by Crippen LogP contribution is -2.02. The molecule has 2 aromatic heterocycles. The molecular weight excluding hydrogens is 206 g/mol. The van der Waals surface area contributed by atoms with Gasteiger partial charge in [-0.15, -0.1) is 0 Å². The van der Waals surface area contributed by atoms with Gasteiger partial charge in [-0.3, -0.25) is 0 Å². The van der Waals surface area contributed by atoms with Gasteiger partial charge in [0.15, 0.2) is 0 Å². The zero-order valence-corrected chi connectivity index (χ0v) is 8.18. The molecule has 1 N–H and O–H groups in total. The molecule has 0 aliphatic heterocycles. The second kappa shape index (κ2) is 3.30. The number of benzene rings is 1. The molecule has 0 bridgehead atoms. The standard InChI is InChI=1S/C11H7N3O2/c15-11-7-3-1-2-4-8(7)14-10(16-11)9-5-12-6-13-9/h1-6H,(H,12,13). The van der Waals surface area contributed by atoms with Gasteiger partial charge in [-0.1, -0.05) is 12.1 Å². The van der Waals surface area contributed by atoms with Gasteiger partial charge in [-0.2, -0.15) is 0 Å². The molecule has 0 aliphatic rings. The summed E-state index contributed by atoms with van der Waals surface area (Å²) in [7, 11) is 0. The maximum absolute atomic E-state index is 11.7. The van der Waals surface area contributed by atoms with Crippen LogP contribution in [0.2, 0.25) is 0 Å². The van der Waals surface area contributed by atoms with Gasteiger partial charge in [-0.05, 0) is 12.1 Å². The molecule has 16 heavy (non-hydrogen) atoms. The number of nitrogens with one attached hydrogen (secondary N) is 1. The molecule has 0 radical (unpaired) electrons. The van der Waals surface area contributed by atoms with Crippen LogP contribution < -0.4 is 5.63 Å². The summed E-state index contributed by atoms with van der Waals surface area (Å²) in [5.74, 6) is 0.251. The van der Waals surface area contributed by atoms with Gasteiger partial charge in [0.2, 0.25) is 5.89 Å². The molecule has 3 aromatic rings. The highest BCUT2D eigenvalue weighted by Gasteiger charge is 2.08. The molecule has 0 aliphatic carbocycles. The Morgan fingerprint density at radius 1 is 1.25 bits per heavy atom. The quantitative estimate of drug-likeness (QED) is 0.666. The van der Waals surface area contributed by atoms with Crippen LogP contribution in [-0.4, -0.2) is 15.0 Å². The number of rotatable bonds is 1. The number of imidazole rings is 1. The molecule has 0 fully saturated rings. The number of para-hydroxylation sites is 1. The van der Waals surface area contributed by atoms with E-state index in [9.17, 15) is 4.79 Å². The van der Waals surface area contributed by atoms with E-state index in [1.54, 1.807) is 24.4 Å². The van der Waals surface area contributed by atoms with Crippen LogP contribution >= 0.6 is 0 Å². The lowest BCUT2D eigenvalue weighted by molar-refractivity contribution is 0.516. The van der Waals surface area contributed by atoms with E-state index in [1.165, 1.54) is 6.33 Å². The second-order valence-corrected chi connectivity index (χ2v) is 3.29. The summed E-state index contributed by atoms with van der Waals surface area (Å²) in [4.78, 5) is 22.6. The Labute approximate surface area is 89.8 Å². The highest BCUT2D eigenvalue weighted by atomic mass is 16.4. The van der Waals surface area contributed by atoms with Crippen molar-refractivity contribution in [2.75, 3.05) is 0 Å². The van der Waals surface area contributed by atoms with Crippen molar-refractivity contribution in [2.24, 2.45) is 0 Å². The Hall–Kier alpha value is -2.43. The van der Waals surface area contributed by atoms with Crippen molar-refractivity contribution in [2.45, 2.75) is 0 Å². The molecule has 5 heteroatoms. The molecule has 1 aromatic carbocycles. The average Bonchev–Trinajstić information content (AvgIpc) is 2.82. The molecule has 0 unspecified atom stereocenters. The predicted octanol–water partition coefficient (Wildman–Crippen LogP) is 1.58. The Balaban J connectivity index is 2.34. The Kier molecular flexibility index (Phi) is 1.83. The number of aromatic nitrogens is 3. The summed E-state index contributed by atoms with van der Waals surface area (Å²) >= 11 is 0. The molecule has 0 atom stereocenters. The number of hydrogen-bond acceptors (Lipinski definition) is 4. The van der Waals surface area contributed by atoms with Crippen LogP contribution in [0.5, 0.6) is 0 Å². The monoisotopic (exact) mass is 213 g/mol. The van der Waals surface area contributed by atoms with E-state index in [0.717, 1.165) is 0 Å². The third-order valence-corrected chi connectivity index (χ3v) is 2.26. The van der Waals surface area contributed by atoms with Crippen molar-refractivity contribution >= 4 is 10.9 Å². The van der Waals surface area contributed by atoms with E-state index in [4.69, 9.17) is 4.42 Å². The first-order valence-electron chi connectivity index (χ1n) is 4.73. The normalized spacial score (nSPS) is 10.8. The summed E-state index contributed by atoms with van der Waals surface area (Å²) in [6.45, 7) is 0. The third kappa shape index (κ3) is 1.30. The molecule has 0 saturated heterocycles. The molecule has 0 amide bonds. The molecule has 0 saturated carbocycles. The largest absolute Gasteiger partial charge is 0.401 e. The smallest absolute Gasteiger partial charge is 0.347 e. The van der Waals surface area contributed by atoms with Crippen molar-refractivity contribution in [3.63, 3.8) is 0 Å². The minimum atomic E-state index is -0.393. The van der Waals surface area contributed by atoms with Crippen LogP contribution in [0.25, 0.3) is 22.5 Å². The molecule has 78 valence electrons. The maximum Gasteiger partial charge on any atom is 0.347 e. The molecule has 2 heterocycles. The topological polar surface area (TPSA) is 71.8 Å². The highest BCUT2D eigenvalue weighted by Crippen LogP contribution is 2.14. The molecule has 5 nitrogen and oxygen atoms in total. The number of nitrogens with zero attached hydrogens (tertiary/aromatic N) is 2. The Bertz CT molecular complexity index is 686. The van der Waals surface area contributed by atoms with E-state index < -0.39 is 5.63 Å². The summed E-state index contributed by atoms with van der Waals surface area (Å²) in [5, 5.41) is 0.478. The fraction of sp³-hybridized carbons (Fsp3) is 0. The van der Waals surface area contributed by atoms with Crippen molar-refractivity contribution in [1.82, 2.24) is 15.0 Å². The fourth-order valence-corrected chi connectivity index (χ4v) is 1.51. The number of fused-ring (bicyclic) bond motifs is 1. The van der Waals surface area contributed by atoms with Gasteiger partial charge < -0.3 is 9.40 Å². The van der Waals surface area contributed by atoms with Gasteiger partial charge >= 0.3 is 5.63 Å². The summed E-state index contributed by atoms with van der Waals surface area (Å²) in [6, 6.07) is 7.05. The van der Waals surface area contributed by atoms with Gasteiger partial charge in [0.05, 0.1) is 23.4 Å². The fourth-order valence-electron chi connectivity index (χ4n) is 1.51. The second-order valence-electron chi connectivity index (χ2n) is 3.29. The number of hydrogen-bond donors (Lipinski definition) is 1. The number of aromatic amines is 1. The first kappa shape index (κ1) is 8.84. The molecule has 0 spiro atoms. The highest BCUT2D eigenvalue weighted by molar-refractivity contribution is 5.77. The van der Waals surface area contributed by atoms with Gasteiger partial charge in [0.1, 0.15) is 5.69 Å². The number of H-pyrrole nitrogens is 1. The van der Waals surface area contributed by atoms with Crippen LogP contribution in [0.3, 0.4) is 0 Å². The minimum absolute atomic E-state index is 0.251. The van der Waals surface area contributed by atoms with E-state index in [1.807, 2.05) is 6.07 Å². The molecule has 3 rings (SSSR count). The first-order chi connectivity index (χ1) is 7.84. The van der Waals surface area contributed by atoms with Crippen molar-refractivity contribution in [1.29, 1.82) is 0 Å². The SMILES string of the molecule is O=c1oc(-c2cnc[nH]2)nc2ccccc12.